The second-order valence-corrected chi connectivity index (χ2v) is 8.52. The van der Waals surface area contributed by atoms with Crippen LogP contribution in [0.2, 0.25) is 5.02 Å². The molecule has 0 bridgehead atoms. The molecule has 3 aromatic rings. The Morgan fingerprint density at radius 2 is 2.03 bits per heavy atom. The van der Waals surface area contributed by atoms with Gasteiger partial charge in [0.1, 0.15) is 11.5 Å². The van der Waals surface area contributed by atoms with Gasteiger partial charge in [-0.2, -0.15) is 5.10 Å². The Hall–Kier alpha value is -3.64. The SMILES string of the molecule is Cc1oc(-c2ccc(Cl)cc2)cc1C(=O)N1N=C(c2cccnc2)CC1C1=C(O)CCC=C1. The van der Waals surface area contributed by atoms with Crippen molar-refractivity contribution in [2.45, 2.75) is 32.2 Å². The summed E-state index contributed by atoms with van der Waals surface area (Å²) in [4.78, 5) is 17.9. The third-order valence-corrected chi connectivity index (χ3v) is 6.18. The Morgan fingerprint density at radius 3 is 2.76 bits per heavy atom. The molecule has 0 fully saturated rings. The van der Waals surface area contributed by atoms with E-state index in [0.717, 1.165) is 28.8 Å². The first kappa shape index (κ1) is 21.2. The van der Waals surface area contributed by atoms with Crippen LogP contribution >= 0.6 is 11.6 Å². The van der Waals surface area contributed by atoms with Crippen molar-refractivity contribution in [2.24, 2.45) is 5.10 Å². The van der Waals surface area contributed by atoms with Crippen LogP contribution in [0.3, 0.4) is 0 Å². The van der Waals surface area contributed by atoms with Crippen LogP contribution in [0.25, 0.3) is 11.3 Å². The van der Waals surface area contributed by atoms with Gasteiger partial charge in [-0.1, -0.05) is 29.8 Å². The summed E-state index contributed by atoms with van der Waals surface area (Å²) in [6, 6.07) is 12.3. The third-order valence-electron chi connectivity index (χ3n) is 5.93. The number of furan rings is 1. The van der Waals surface area contributed by atoms with Gasteiger partial charge in [-0.15, -0.1) is 0 Å². The van der Waals surface area contributed by atoms with Crippen molar-refractivity contribution in [3.8, 4) is 11.3 Å². The number of benzene rings is 1. The molecule has 1 atom stereocenters. The predicted molar refractivity (Wildman–Crippen MR) is 127 cm³/mol. The summed E-state index contributed by atoms with van der Waals surface area (Å²) in [5.74, 6) is 1.11. The summed E-state index contributed by atoms with van der Waals surface area (Å²) < 4.78 is 5.91. The van der Waals surface area contributed by atoms with Crippen molar-refractivity contribution in [1.29, 1.82) is 0 Å². The number of aryl methyl sites for hydroxylation is 1. The van der Waals surface area contributed by atoms with Crippen molar-refractivity contribution in [2.75, 3.05) is 0 Å². The second-order valence-electron chi connectivity index (χ2n) is 8.09. The zero-order chi connectivity index (χ0) is 22.9. The highest BCUT2D eigenvalue weighted by molar-refractivity contribution is 6.30. The largest absolute Gasteiger partial charge is 0.512 e. The summed E-state index contributed by atoms with van der Waals surface area (Å²) in [5, 5.41) is 17.4. The maximum Gasteiger partial charge on any atom is 0.278 e. The molecule has 1 amide bonds. The third kappa shape index (κ3) is 4.10. The first-order valence-electron chi connectivity index (χ1n) is 10.8. The van der Waals surface area contributed by atoms with Gasteiger partial charge in [0.25, 0.3) is 5.91 Å². The molecule has 5 rings (SSSR count). The lowest BCUT2D eigenvalue weighted by atomic mass is 9.93. The van der Waals surface area contributed by atoms with Gasteiger partial charge in [-0.3, -0.25) is 9.78 Å². The minimum absolute atomic E-state index is 0.278. The fourth-order valence-corrected chi connectivity index (χ4v) is 4.32. The number of carbonyl (C=O) groups excluding carboxylic acids is 1. The number of amides is 1. The first-order chi connectivity index (χ1) is 16.0. The van der Waals surface area contributed by atoms with Crippen LogP contribution < -0.4 is 0 Å². The van der Waals surface area contributed by atoms with E-state index in [1.165, 1.54) is 5.01 Å². The Morgan fingerprint density at radius 1 is 1.21 bits per heavy atom. The van der Waals surface area contributed by atoms with Crippen molar-refractivity contribution >= 4 is 23.2 Å². The summed E-state index contributed by atoms with van der Waals surface area (Å²) >= 11 is 6.00. The van der Waals surface area contributed by atoms with Gasteiger partial charge in [-0.05, 0) is 49.7 Å². The van der Waals surface area contributed by atoms with Gasteiger partial charge >= 0.3 is 0 Å². The van der Waals surface area contributed by atoms with Crippen LogP contribution in [0.1, 0.15) is 40.9 Å². The number of carbonyl (C=O) groups is 1. The van der Waals surface area contributed by atoms with E-state index >= 15 is 0 Å². The van der Waals surface area contributed by atoms with E-state index < -0.39 is 6.04 Å². The fourth-order valence-electron chi connectivity index (χ4n) is 4.20. The Bertz CT molecular complexity index is 1290. The number of aliphatic hydroxyl groups is 1. The summed E-state index contributed by atoms with van der Waals surface area (Å²) in [7, 11) is 0. The van der Waals surface area contributed by atoms with E-state index in [0.29, 0.717) is 40.7 Å². The number of halogens is 1. The standard InChI is InChI=1S/C26H22ClN3O3/c1-16-21(13-25(33-16)17-8-10-19(27)11-9-17)26(32)30-23(20-6-2-3-7-24(20)31)14-22(29-30)18-5-4-12-28-15-18/h2,4-6,8-13,15,23,31H,3,7,14H2,1H3. The molecule has 6 nitrogen and oxygen atoms in total. The number of aliphatic hydroxyl groups excluding tert-OH is 1. The second kappa shape index (κ2) is 8.71. The molecule has 0 saturated heterocycles. The smallest absolute Gasteiger partial charge is 0.278 e. The molecule has 1 N–H and O–H groups in total. The van der Waals surface area contributed by atoms with Crippen molar-refractivity contribution in [3.05, 3.63) is 100 Å². The van der Waals surface area contributed by atoms with Crippen LogP contribution in [-0.2, 0) is 0 Å². The highest BCUT2D eigenvalue weighted by Gasteiger charge is 2.37. The van der Waals surface area contributed by atoms with E-state index in [2.05, 4.69) is 10.1 Å². The molecule has 3 heterocycles. The van der Waals surface area contributed by atoms with Crippen LogP contribution in [0.4, 0.5) is 0 Å². The molecule has 0 saturated carbocycles. The van der Waals surface area contributed by atoms with Crippen molar-refractivity contribution in [1.82, 2.24) is 9.99 Å². The van der Waals surface area contributed by atoms with Gasteiger partial charge in [-0.25, -0.2) is 5.01 Å². The number of hydrogen-bond acceptors (Lipinski definition) is 5. The number of hydrogen-bond donors (Lipinski definition) is 1. The van der Waals surface area contributed by atoms with Gasteiger partial charge in [0, 0.05) is 47.0 Å². The Balaban J connectivity index is 1.53. The molecule has 33 heavy (non-hydrogen) atoms. The van der Waals surface area contributed by atoms with Crippen LogP contribution in [0.15, 0.2) is 87.9 Å². The molecule has 0 spiro atoms. The van der Waals surface area contributed by atoms with E-state index in [1.807, 2.05) is 36.4 Å². The summed E-state index contributed by atoms with van der Waals surface area (Å²) in [6.07, 6.45) is 9.16. The van der Waals surface area contributed by atoms with Gasteiger partial charge in [0.2, 0.25) is 0 Å². The van der Waals surface area contributed by atoms with E-state index in [-0.39, 0.29) is 5.91 Å². The summed E-state index contributed by atoms with van der Waals surface area (Å²) in [5.41, 5.74) is 3.58. The molecule has 1 aromatic carbocycles. The van der Waals surface area contributed by atoms with Crippen molar-refractivity contribution < 1.29 is 14.3 Å². The zero-order valence-corrected chi connectivity index (χ0v) is 18.8. The molecule has 2 aliphatic rings. The van der Waals surface area contributed by atoms with Crippen LogP contribution in [-0.4, -0.2) is 32.8 Å². The summed E-state index contributed by atoms with van der Waals surface area (Å²) in [6.45, 7) is 1.76. The number of pyridine rings is 1. The van der Waals surface area contributed by atoms with Crippen molar-refractivity contribution in [3.63, 3.8) is 0 Å². The molecule has 0 radical (unpaired) electrons. The van der Waals surface area contributed by atoms with E-state index in [4.69, 9.17) is 16.0 Å². The molecule has 1 aliphatic heterocycles. The Kier molecular flexibility index (Phi) is 5.60. The van der Waals surface area contributed by atoms with Gasteiger partial charge < -0.3 is 9.52 Å². The zero-order valence-electron chi connectivity index (χ0n) is 18.0. The minimum Gasteiger partial charge on any atom is -0.512 e. The molecule has 1 unspecified atom stereocenters. The number of allylic oxidation sites excluding steroid dienone is 2. The van der Waals surface area contributed by atoms with Crippen LogP contribution in [0.5, 0.6) is 0 Å². The quantitative estimate of drug-likeness (QED) is 0.512. The molecule has 1 aliphatic carbocycles. The van der Waals surface area contributed by atoms with Gasteiger partial charge in [0.05, 0.1) is 23.1 Å². The van der Waals surface area contributed by atoms with Crippen LogP contribution in [0, 0.1) is 6.92 Å². The average Bonchev–Trinajstić information content (AvgIpc) is 3.44. The maximum atomic E-state index is 13.7. The molecular weight excluding hydrogens is 438 g/mol. The van der Waals surface area contributed by atoms with Gasteiger partial charge in [0.15, 0.2) is 0 Å². The maximum absolute atomic E-state index is 13.7. The van der Waals surface area contributed by atoms with E-state index in [9.17, 15) is 9.90 Å². The lowest BCUT2D eigenvalue weighted by Crippen LogP contribution is -2.35. The monoisotopic (exact) mass is 459 g/mol. The number of nitrogens with zero attached hydrogens (tertiary/aromatic N) is 3. The predicted octanol–water partition coefficient (Wildman–Crippen LogP) is 6.08. The molecule has 2 aromatic heterocycles. The average molecular weight is 460 g/mol. The van der Waals surface area contributed by atoms with E-state index in [1.54, 1.807) is 37.5 Å². The number of rotatable bonds is 4. The number of hydrazone groups is 1. The fraction of sp³-hybridized carbons (Fsp3) is 0.192. The lowest BCUT2D eigenvalue weighted by Gasteiger charge is -2.24. The number of aromatic nitrogens is 1. The first-order valence-corrected chi connectivity index (χ1v) is 11.2. The topological polar surface area (TPSA) is 78.9 Å². The lowest BCUT2D eigenvalue weighted by molar-refractivity contribution is 0.0732. The highest BCUT2D eigenvalue weighted by Crippen LogP contribution is 2.34. The molecule has 166 valence electrons. The molecular formula is C26H22ClN3O3. The highest BCUT2D eigenvalue weighted by atomic mass is 35.5. The molecule has 7 heteroatoms. The normalized spacial score (nSPS) is 18.1. The minimum atomic E-state index is -0.405. The Labute approximate surface area is 196 Å².